The monoisotopic (exact) mass is 1720 g/mol. The van der Waals surface area contributed by atoms with Crippen molar-refractivity contribution in [1.29, 1.82) is 0 Å². The number of sulfonamides is 1. The smallest absolute Gasteiger partial charge is 0.408 e. The zero-order valence-corrected chi connectivity index (χ0v) is 77.9. The number of hydrogen-bond acceptors (Lipinski definition) is 15. The highest BCUT2D eigenvalue weighted by Crippen LogP contribution is 2.44. The van der Waals surface area contributed by atoms with Crippen LogP contribution in [-0.2, 0) is 67.7 Å². The fourth-order valence-electron chi connectivity index (χ4n) is 17.1. The summed E-state index contributed by atoms with van der Waals surface area (Å²) >= 11 is 0. The number of hydrogen-bond donors (Lipinski definition) is 6. The van der Waals surface area contributed by atoms with E-state index in [2.05, 4.69) is 44.8 Å². The van der Waals surface area contributed by atoms with E-state index in [-0.39, 0.29) is 63.2 Å². The standard InChI is InChI=1S/C98H161N9O14S/c1-11-13-15-17-19-21-23-25-27-29-31-33-35-37-39-41-43-45-47-52-67-117-80-63-62-79(86(70-80)118-68-53-48-46-44-42-40-38-36-34-32-30-28-26-24-22-20-18-16-14-12-2)74-119-88(109)73-101-87(108)72-102-91(110)84-60-55-65-106(84)93(112)82(59-54-64-100-95(99)105-122(115,116)90-76(4)75(3)81-71-98(9,10)120-89(81)77(90)5)103-92(111)85-61-56-66-107(85)94(113)83(69-78-57-50-49-51-58-78)104-96(114)121-97(6,7)8/h49-51,57-58,62-63,70,82-85H,11-48,52-56,59-61,64-69,71-74H2,1-10H3,(H,101,108)(H,102,110)(H,103,111)(H,104,114)(H3,99,100,105)/t82-,83+,84-,85-/m0/s1. The molecule has 4 atom stereocenters. The van der Waals surface area contributed by atoms with E-state index in [1.165, 1.54) is 235 Å². The molecule has 0 spiro atoms. The normalized spacial score (nSPS) is 15.6. The maximum atomic E-state index is 15.0. The van der Waals surface area contributed by atoms with Gasteiger partial charge in [-0.2, -0.15) is 0 Å². The fourth-order valence-corrected chi connectivity index (χ4v) is 18.6. The summed E-state index contributed by atoms with van der Waals surface area (Å²) in [5, 5.41) is 10.8. The average Bonchev–Trinajstić information content (AvgIpc) is 1.23. The molecule has 3 aromatic rings. The zero-order valence-electron chi connectivity index (χ0n) is 77.1. The van der Waals surface area contributed by atoms with Crippen molar-refractivity contribution >= 4 is 57.6 Å². The van der Waals surface area contributed by atoms with E-state index in [0.29, 0.717) is 66.4 Å². The molecule has 0 saturated carbocycles. The number of likely N-dealkylation sites (tertiary alicyclic amines) is 2. The average molecular weight is 1720 g/mol. The third kappa shape index (κ3) is 39.7. The molecule has 0 radical (unpaired) electrons. The molecule has 0 aromatic heterocycles. The van der Waals surface area contributed by atoms with E-state index >= 15 is 4.79 Å². The first-order chi connectivity index (χ1) is 58.7. The number of benzene rings is 3. The topological polar surface area (TPSA) is 305 Å². The Hall–Kier alpha value is -7.63. The van der Waals surface area contributed by atoms with Gasteiger partial charge >= 0.3 is 12.1 Å². The van der Waals surface area contributed by atoms with E-state index < -0.39 is 106 Å². The predicted octanol–water partition coefficient (Wildman–Crippen LogP) is 19.7. The number of rotatable bonds is 64. The molecule has 3 heterocycles. The molecule has 0 aliphatic carbocycles. The lowest BCUT2D eigenvalue weighted by Crippen LogP contribution is -2.58. The summed E-state index contributed by atoms with van der Waals surface area (Å²) < 4.78 is 60.8. The van der Waals surface area contributed by atoms with Gasteiger partial charge in [0.15, 0.2) is 0 Å². The third-order valence-electron chi connectivity index (χ3n) is 24.1. The lowest BCUT2D eigenvalue weighted by Gasteiger charge is -2.32. The Morgan fingerprint density at radius 2 is 1.02 bits per heavy atom. The minimum Gasteiger partial charge on any atom is -0.493 e. The summed E-state index contributed by atoms with van der Waals surface area (Å²) in [7, 11) is -4.28. The molecule has 0 unspecified atom stereocenters. The van der Waals surface area contributed by atoms with Gasteiger partial charge in [-0.25, -0.2) is 17.9 Å². The van der Waals surface area contributed by atoms with Crippen molar-refractivity contribution in [1.82, 2.24) is 35.8 Å². The van der Waals surface area contributed by atoms with Crippen LogP contribution in [0.4, 0.5) is 4.79 Å². The molecule has 2 fully saturated rings. The van der Waals surface area contributed by atoms with Gasteiger partial charge in [0.2, 0.25) is 35.5 Å². The summed E-state index contributed by atoms with van der Waals surface area (Å²) in [6, 6.07) is 10.2. The highest BCUT2D eigenvalue weighted by Gasteiger charge is 2.43. The largest absolute Gasteiger partial charge is 0.493 e. The minimum atomic E-state index is -4.28. The Kier molecular flexibility index (Phi) is 48.9. The summed E-state index contributed by atoms with van der Waals surface area (Å²) in [5.41, 5.74) is 9.07. The number of esters is 1. The van der Waals surface area contributed by atoms with Gasteiger partial charge in [-0.1, -0.05) is 288 Å². The first-order valence-electron chi connectivity index (χ1n) is 47.9. The van der Waals surface area contributed by atoms with Gasteiger partial charge in [0.05, 0.1) is 24.7 Å². The van der Waals surface area contributed by atoms with Crippen molar-refractivity contribution in [3.05, 3.63) is 81.9 Å². The first-order valence-corrected chi connectivity index (χ1v) is 49.4. The van der Waals surface area contributed by atoms with Crippen molar-refractivity contribution in [3.8, 4) is 17.2 Å². The van der Waals surface area contributed by atoms with Gasteiger partial charge in [0, 0.05) is 55.2 Å². The van der Waals surface area contributed by atoms with Gasteiger partial charge < -0.3 is 60.5 Å². The van der Waals surface area contributed by atoms with Crippen LogP contribution in [0.5, 0.6) is 17.2 Å². The maximum Gasteiger partial charge on any atom is 0.408 e. The molecule has 6 amide bonds. The summed E-state index contributed by atoms with van der Waals surface area (Å²) in [4.78, 5) is 106. The third-order valence-corrected chi connectivity index (χ3v) is 25.7. The Morgan fingerprint density at radius 1 is 0.557 bits per heavy atom. The number of unbranched alkanes of at least 4 members (excludes halogenated alkanes) is 38. The van der Waals surface area contributed by atoms with Crippen LogP contribution in [0.3, 0.4) is 0 Å². The second-order valence-electron chi connectivity index (χ2n) is 36.5. The number of carbonyl (C=O) groups excluding carboxylic acids is 7. The predicted molar refractivity (Wildman–Crippen MR) is 489 cm³/mol. The number of carbonyl (C=O) groups is 7. The second-order valence-corrected chi connectivity index (χ2v) is 38.1. The number of nitrogens with one attached hydrogen (secondary N) is 5. The van der Waals surface area contributed by atoms with E-state index in [4.69, 9.17) is 29.4 Å². The van der Waals surface area contributed by atoms with Crippen molar-refractivity contribution in [2.45, 2.75) is 424 Å². The first kappa shape index (κ1) is 103. The number of nitrogens with two attached hydrogens (primary N) is 1. The molecule has 688 valence electrons. The summed E-state index contributed by atoms with van der Waals surface area (Å²) in [5.74, 6) is -2.40. The molecule has 24 heteroatoms. The SMILES string of the molecule is CCCCCCCCCCCCCCCCCCCCCCOc1ccc(COC(=O)CNC(=O)CNC(=O)[C@@H]2CCCN2C(=O)[C@H](CCCN=C(N)NS(=O)(=O)c2c(C)c(C)c3c(c2C)OC(C)(C)C3)NC(=O)[C@@H]2CCCN2C(=O)[C@@H](Cc2ccccc2)NC(=O)OC(C)(C)C)c(OCCCCCCCCCCCCCCCCCCCCCC)c1. The number of amides is 6. The molecule has 2 saturated heterocycles. The van der Waals surface area contributed by atoms with Gasteiger partial charge in [0.25, 0.3) is 10.0 Å². The number of guanidine groups is 1. The zero-order chi connectivity index (χ0) is 88.4. The van der Waals surface area contributed by atoms with Gasteiger partial charge in [-0.3, -0.25) is 33.8 Å². The Balaban J connectivity index is 1.00. The van der Waals surface area contributed by atoms with Gasteiger partial charge in [0.1, 0.15) is 65.8 Å². The second kappa shape index (κ2) is 57.8. The highest BCUT2D eigenvalue weighted by atomic mass is 32.2. The molecule has 0 bridgehead atoms. The molecule has 3 aromatic carbocycles. The number of alkyl carbamates (subject to hydrolysis) is 1. The fraction of sp³-hybridized carbons (Fsp3) is 0.735. The lowest BCUT2D eigenvalue weighted by molar-refractivity contribution is -0.145. The van der Waals surface area contributed by atoms with Crippen LogP contribution in [0.15, 0.2) is 58.4 Å². The quantitative estimate of drug-likeness (QED) is 0.0132. The molecule has 23 nitrogen and oxygen atoms in total. The van der Waals surface area contributed by atoms with Crippen LogP contribution < -0.4 is 45.9 Å². The van der Waals surface area contributed by atoms with Crippen molar-refractivity contribution in [2.24, 2.45) is 10.7 Å². The van der Waals surface area contributed by atoms with Crippen LogP contribution >= 0.6 is 0 Å². The number of ether oxygens (including phenoxy) is 5. The minimum absolute atomic E-state index is 0.0319. The van der Waals surface area contributed by atoms with Gasteiger partial charge in [-0.05, 0) is 136 Å². The van der Waals surface area contributed by atoms with Crippen molar-refractivity contribution in [2.75, 3.05) is 45.9 Å². The molecule has 6 rings (SSSR count). The van der Waals surface area contributed by atoms with Crippen LogP contribution in [0, 0.1) is 20.8 Å². The van der Waals surface area contributed by atoms with Crippen molar-refractivity contribution < 1.29 is 65.7 Å². The van der Waals surface area contributed by atoms with Crippen LogP contribution in [0.25, 0.3) is 0 Å². The van der Waals surface area contributed by atoms with Crippen LogP contribution in [-0.4, -0.2) is 147 Å². The van der Waals surface area contributed by atoms with Crippen LogP contribution in [0.2, 0.25) is 0 Å². The van der Waals surface area contributed by atoms with E-state index in [1.807, 2.05) is 69.3 Å². The number of aliphatic imine (C=N–C) groups is 1. The maximum absolute atomic E-state index is 15.0. The summed E-state index contributed by atoms with van der Waals surface area (Å²) in [6.07, 6.45) is 53.8. The van der Waals surface area contributed by atoms with E-state index in [1.54, 1.807) is 34.6 Å². The lowest BCUT2D eigenvalue weighted by atomic mass is 9.93. The molecular weight excluding hydrogens is 1560 g/mol. The molecule has 3 aliphatic rings. The summed E-state index contributed by atoms with van der Waals surface area (Å²) in [6.45, 7) is 19.1. The Bertz CT molecular complexity index is 3730. The van der Waals surface area contributed by atoms with Gasteiger partial charge in [-0.15, -0.1) is 0 Å². The van der Waals surface area contributed by atoms with Crippen LogP contribution in [0.1, 0.15) is 377 Å². The number of nitrogens with zero attached hydrogens (tertiary/aromatic N) is 3. The van der Waals surface area contributed by atoms with E-state index in [0.717, 1.165) is 48.8 Å². The number of fused-ring (bicyclic) bond motifs is 1. The molecule has 7 N–H and O–H groups in total. The molecule has 3 aliphatic heterocycles. The molecule has 122 heavy (non-hydrogen) atoms. The Labute approximate surface area is 735 Å². The Morgan fingerprint density at radius 3 is 1.52 bits per heavy atom. The van der Waals surface area contributed by atoms with Crippen molar-refractivity contribution in [3.63, 3.8) is 0 Å². The van der Waals surface area contributed by atoms with E-state index in [9.17, 15) is 37.2 Å². The highest BCUT2D eigenvalue weighted by molar-refractivity contribution is 7.90. The molecular formula is C98H161N9O14S.